The van der Waals surface area contributed by atoms with Crippen LogP contribution in [0.25, 0.3) is 0 Å². The lowest BCUT2D eigenvalue weighted by Gasteiger charge is -2.25. The summed E-state index contributed by atoms with van der Waals surface area (Å²) < 4.78 is 6.88. The van der Waals surface area contributed by atoms with Crippen molar-refractivity contribution in [2.45, 2.75) is 38.0 Å². The Balaban J connectivity index is 1.39. The molecule has 156 valence electrons. The summed E-state index contributed by atoms with van der Waals surface area (Å²) in [6.45, 7) is 0.977. The van der Waals surface area contributed by atoms with E-state index in [9.17, 15) is 14.7 Å². The number of rotatable bonds is 6. The highest BCUT2D eigenvalue weighted by Gasteiger charge is 2.34. The molecule has 2 N–H and O–H groups in total. The Morgan fingerprint density at radius 3 is 2.80 bits per heavy atom. The van der Waals surface area contributed by atoms with E-state index in [0.717, 1.165) is 18.4 Å². The molecule has 1 saturated heterocycles. The number of aromatic nitrogens is 2. The van der Waals surface area contributed by atoms with Crippen LogP contribution in [0.15, 0.2) is 65.4 Å². The molecule has 0 spiro atoms. The fourth-order valence-electron chi connectivity index (χ4n) is 3.82. The zero-order chi connectivity index (χ0) is 20.9. The number of nitrogens with one attached hydrogen (secondary N) is 1. The Hall–Kier alpha value is -3.39. The third-order valence-electron chi connectivity index (χ3n) is 5.33. The normalized spacial score (nSPS) is 17.1. The van der Waals surface area contributed by atoms with Crippen LogP contribution in [-0.4, -0.2) is 44.2 Å². The lowest BCUT2D eigenvalue weighted by Crippen LogP contribution is -2.43. The maximum atomic E-state index is 12.8. The van der Waals surface area contributed by atoms with Crippen molar-refractivity contribution in [3.63, 3.8) is 0 Å². The number of hydrogen-bond acceptors (Lipinski definition) is 5. The number of furan rings is 1. The molecule has 4 rings (SSSR count). The van der Waals surface area contributed by atoms with Crippen molar-refractivity contribution in [2.24, 2.45) is 0 Å². The summed E-state index contributed by atoms with van der Waals surface area (Å²) in [7, 11) is 0. The van der Waals surface area contributed by atoms with Gasteiger partial charge in [-0.2, -0.15) is 5.10 Å². The molecule has 2 amide bonds. The van der Waals surface area contributed by atoms with Crippen molar-refractivity contribution in [1.82, 2.24) is 14.7 Å². The molecule has 1 fully saturated rings. The highest BCUT2D eigenvalue weighted by molar-refractivity contribution is 6.39. The van der Waals surface area contributed by atoms with E-state index in [1.807, 2.05) is 30.3 Å². The Labute approximate surface area is 174 Å². The second kappa shape index (κ2) is 8.96. The highest BCUT2D eigenvalue weighted by Crippen LogP contribution is 2.28. The van der Waals surface area contributed by atoms with E-state index in [1.165, 1.54) is 6.26 Å². The van der Waals surface area contributed by atoms with Crippen LogP contribution >= 0.6 is 0 Å². The summed E-state index contributed by atoms with van der Waals surface area (Å²) >= 11 is 0. The van der Waals surface area contributed by atoms with E-state index in [-0.39, 0.29) is 6.04 Å². The average molecular weight is 408 g/mol. The summed E-state index contributed by atoms with van der Waals surface area (Å²) in [5, 5.41) is 17.3. The van der Waals surface area contributed by atoms with Crippen molar-refractivity contribution in [1.29, 1.82) is 0 Å². The van der Waals surface area contributed by atoms with Crippen molar-refractivity contribution >= 4 is 17.6 Å². The van der Waals surface area contributed by atoms with E-state index in [1.54, 1.807) is 34.0 Å². The number of amides is 2. The van der Waals surface area contributed by atoms with Gasteiger partial charge in [-0.1, -0.05) is 30.3 Å². The van der Waals surface area contributed by atoms with E-state index >= 15 is 0 Å². The average Bonchev–Trinajstić information content (AvgIpc) is 3.51. The zero-order valence-corrected chi connectivity index (χ0v) is 16.5. The second-order valence-electron chi connectivity index (χ2n) is 7.38. The van der Waals surface area contributed by atoms with Crippen LogP contribution < -0.4 is 5.32 Å². The minimum absolute atomic E-state index is 0.211. The van der Waals surface area contributed by atoms with E-state index < -0.39 is 17.9 Å². The fourth-order valence-corrected chi connectivity index (χ4v) is 3.82. The van der Waals surface area contributed by atoms with Crippen LogP contribution in [0.2, 0.25) is 0 Å². The number of carbonyl (C=O) groups excluding carboxylic acids is 2. The number of aliphatic hydroxyl groups is 1. The second-order valence-corrected chi connectivity index (χ2v) is 7.38. The Bertz CT molecular complexity index is 984. The number of nitrogens with zero attached hydrogens (tertiary/aromatic N) is 3. The summed E-state index contributed by atoms with van der Waals surface area (Å²) in [5.41, 5.74) is 1.04. The molecule has 0 unspecified atom stereocenters. The number of hydrogen-bond donors (Lipinski definition) is 2. The first-order valence-electron chi connectivity index (χ1n) is 10.0. The molecule has 2 aromatic heterocycles. The van der Waals surface area contributed by atoms with Crippen LogP contribution in [0.1, 0.15) is 36.7 Å². The number of anilines is 1. The summed E-state index contributed by atoms with van der Waals surface area (Å²) in [5.74, 6) is -0.382. The molecule has 0 saturated carbocycles. The van der Waals surface area contributed by atoms with Gasteiger partial charge in [0, 0.05) is 25.1 Å². The predicted molar refractivity (Wildman–Crippen MR) is 109 cm³/mol. The Morgan fingerprint density at radius 1 is 1.20 bits per heavy atom. The first-order valence-corrected chi connectivity index (χ1v) is 10.0. The maximum Gasteiger partial charge on any atom is 0.315 e. The molecule has 1 aliphatic heterocycles. The van der Waals surface area contributed by atoms with E-state index in [4.69, 9.17) is 4.42 Å². The van der Waals surface area contributed by atoms with Gasteiger partial charge in [-0.25, -0.2) is 4.68 Å². The minimum atomic E-state index is -0.811. The first-order chi connectivity index (χ1) is 14.6. The topological polar surface area (TPSA) is 101 Å². The van der Waals surface area contributed by atoms with Crippen molar-refractivity contribution in [2.75, 3.05) is 11.9 Å². The molecule has 0 bridgehead atoms. The van der Waals surface area contributed by atoms with Gasteiger partial charge in [-0.05, 0) is 30.5 Å². The Morgan fingerprint density at radius 2 is 2.03 bits per heavy atom. The van der Waals surface area contributed by atoms with Gasteiger partial charge in [-0.15, -0.1) is 0 Å². The first kappa shape index (κ1) is 19.9. The van der Waals surface area contributed by atoms with Crippen LogP contribution in [0.5, 0.6) is 0 Å². The van der Waals surface area contributed by atoms with Crippen LogP contribution in [0, 0.1) is 0 Å². The van der Waals surface area contributed by atoms with Crippen LogP contribution in [-0.2, 0) is 16.1 Å². The molecule has 8 heteroatoms. The molecule has 30 heavy (non-hydrogen) atoms. The van der Waals surface area contributed by atoms with Gasteiger partial charge >= 0.3 is 11.8 Å². The lowest BCUT2D eigenvalue weighted by atomic mass is 10.1. The third-order valence-corrected chi connectivity index (χ3v) is 5.33. The highest BCUT2D eigenvalue weighted by atomic mass is 16.4. The van der Waals surface area contributed by atoms with Crippen LogP contribution in [0.3, 0.4) is 0 Å². The number of benzene rings is 1. The smallest absolute Gasteiger partial charge is 0.315 e. The SMILES string of the molecule is O=C(Nc1ccnn1Cc1ccccc1)C(=O)N1CCC[C@@H]1C[C@@H](O)c1ccco1. The number of likely N-dealkylation sites (tertiary alicyclic amines) is 1. The standard InChI is InChI=1S/C22H24N4O4/c27-18(19-9-5-13-30-19)14-17-8-4-12-25(17)22(29)21(28)24-20-10-11-23-26(20)15-16-6-2-1-3-7-16/h1-3,5-7,9-11,13,17-18,27H,4,8,12,14-15H2,(H,24,28)/t17-,18-/m1/s1. The summed E-state index contributed by atoms with van der Waals surface area (Å²) in [6, 6.07) is 14.6. The number of carbonyl (C=O) groups is 2. The number of aliphatic hydroxyl groups excluding tert-OH is 1. The van der Waals surface area contributed by atoms with Crippen LogP contribution in [0.4, 0.5) is 5.82 Å². The quantitative estimate of drug-likeness (QED) is 0.611. The molecule has 3 aromatic rings. The molecule has 3 heterocycles. The third kappa shape index (κ3) is 4.44. The minimum Gasteiger partial charge on any atom is -0.467 e. The van der Waals surface area contributed by atoms with Gasteiger partial charge in [-0.3, -0.25) is 9.59 Å². The van der Waals surface area contributed by atoms with Crippen molar-refractivity contribution < 1.29 is 19.1 Å². The van der Waals surface area contributed by atoms with Gasteiger partial charge in [0.2, 0.25) is 0 Å². The monoisotopic (exact) mass is 408 g/mol. The molecule has 0 aliphatic carbocycles. The van der Waals surface area contributed by atoms with E-state index in [0.29, 0.717) is 31.1 Å². The molecule has 2 atom stereocenters. The van der Waals surface area contributed by atoms with Gasteiger partial charge in [0.25, 0.3) is 0 Å². The largest absolute Gasteiger partial charge is 0.467 e. The van der Waals surface area contributed by atoms with Gasteiger partial charge < -0.3 is 19.7 Å². The lowest BCUT2D eigenvalue weighted by molar-refractivity contribution is -0.144. The van der Waals surface area contributed by atoms with Gasteiger partial charge in [0.05, 0.1) is 19.0 Å². The fraction of sp³-hybridized carbons (Fsp3) is 0.318. The molecule has 1 aliphatic rings. The zero-order valence-electron chi connectivity index (χ0n) is 16.5. The summed E-state index contributed by atoms with van der Waals surface area (Å²) in [6.07, 6.45) is 4.14. The predicted octanol–water partition coefficient (Wildman–Crippen LogP) is 2.58. The maximum absolute atomic E-state index is 12.8. The molecule has 1 aromatic carbocycles. The Kier molecular flexibility index (Phi) is 5.94. The molecule has 0 radical (unpaired) electrons. The van der Waals surface area contributed by atoms with E-state index in [2.05, 4.69) is 10.4 Å². The summed E-state index contributed by atoms with van der Waals surface area (Å²) in [4.78, 5) is 27.0. The molecular formula is C22H24N4O4. The molecule has 8 nitrogen and oxygen atoms in total. The van der Waals surface area contributed by atoms with Gasteiger partial charge in [0.15, 0.2) is 0 Å². The van der Waals surface area contributed by atoms with Crippen molar-refractivity contribution in [3.8, 4) is 0 Å². The van der Waals surface area contributed by atoms with Crippen molar-refractivity contribution in [3.05, 3.63) is 72.3 Å². The molecular weight excluding hydrogens is 384 g/mol. The van der Waals surface area contributed by atoms with Gasteiger partial charge in [0.1, 0.15) is 17.7 Å².